The molecule has 3 unspecified atom stereocenters. The lowest BCUT2D eigenvalue weighted by Gasteiger charge is -2.29. The standard InChI is InChI=1S/C23H17FN2O4/c24-14-10-12-15(13-11-14)25-22(28)19-20(17-8-4-5-9-18(17)27)26(30-21(19)23(25)29)16-6-2-1-3-7-16/h1-13,19-21,27H. The minimum Gasteiger partial charge on any atom is -0.508 e. The lowest BCUT2D eigenvalue weighted by molar-refractivity contribution is -0.126. The van der Waals surface area contributed by atoms with Crippen molar-refractivity contribution < 1.29 is 23.9 Å². The van der Waals surface area contributed by atoms with Gasteiger partial charge in [-0.3, -0.25) is 14.4 Å². The second-order valence-corrected chi connectivity index (χ2v) is 7.21. The summed E-state index contributed by atoms with van der Waals surface area (Å²) < 4.78 is 13.3. The lowest BCUT2D eigenvalue weighted by Crippen LogP contribution is -2.37. The third kappa shape index (κ3) is 2.74. The maximum atomic E-state index is 13.4. The van der Waals surface area contributed by atoms with Gasteiger partial charge in [0, 0.05) is 5.56 Å². The van der Waals surface area contributed by atoms with E-state index in [1.54, 1.807) is 30.3 Å². The molecular weight excluding hydrogens is 387 g/mol. The maximum Gasteiger partial charge on any atom is 0.266 e. The average Bonchev–Trinajstić information content (AvgIpc) is 3.26. The zero-order chi connectivity index (χ0) is 20.8. The van der Waals surface area contributed by atoms with Crippen molar-refractivity contribution in [1.29, 1.82) is 0 Å². The van der Waals surface area contributed by atoms with Gasteiger partial charge in [0.2, 0.25) is 5.91 Å². The first-order valence-electron chi connectivity index (χ1n) is 9.48. The number of hydrogen-bond acceptors (Lipinski definition) is 5. The molecule has 2 aliphatic rings. The number of hydrogen-bond donors (Lipinski definition) is 1. The van der Waals surface area contributed by atoms with E-state index in [0.29, 0.717) is 11.3 Å². The summed E-state index contributed by atoms with van der Waals surface area (Å²) in [4.78, 5) is 33.5. The molecule has 1 N–H and O–H groups in total. The van der Waals surface area contributed by atoms with Gasteiger partial charge in [0.25, 0.3) is 5.91 Å². The van der Waals surface area contributed by atoms with Gasteiger partial charge >= 0.3 is 0 Å². The van der Waals surface area contributed by atoms with Crippen LogP contribution in [0.15, 0.2) is 78.9 Å². The van der Waals surface area contributed by atoms with Gasteiger partial charge in [-0.05, 0) is 42.5 Å². The Balaban J connectivity index is 1.60. The van der Waals surface area contributed by atoms with Crippen LogP contribution in [-0.2, 0) is 14.4 Å². The van der Waals surface area contributed by atoms with Crippen molar-refractivity contribution in [2.45, 2.75) is 12.1 Å². The fourth-order valence-corrected chi connectivity index (χ4v) is 4.11. The van der Waals surface area contributed by atoms with Gasteiger partial charge in [-0.2, -0.15) is 0 Å². The van der Waals surface area contributed by atoms with Crippen molar-refractivity contribution in [3.63, 3.8) is 0 Å². The van der Waals surface area contributed by atoms with Crippen molar-refractivity contribution in [1.82, 2.24) is 0 Å². The zero-order valence-electron chi connectivity index (χ0n) is 15.7. The lowest BCUT2D eigenvalue weighted by atomic mass is 9.90. The first-order chi connectivity index (χ1) is 14.6. The number of para-hydroxylation sites is 2. The number of phenolic OH excluding ortho intramolecular Hbond substituents is 1. The van der Waals surface area contributed by atoms with Gasteiger partial charge in [0.05, 0.1) is 17.4 Å². The predicted octanol–water partition coefficient (Wildman–Crippen LogP) is 3.58. The smallest absolute Gasteiger partial charge is 0.266 e. The fraction of sp³-hybridized carbons (Fsp3) is 0.130. The quantitative estimate of drug-likeness (QED) is 0.676. The van der Waals surface area contributed by atoms with Crippen LogP contribution in [0.5, 0.6) is 5.75 Å². The van der Waals surface area contributed by atoms with E-state index >= 15 is 0 Å². The Kier molecular flexibility index (Phi) is 4.25. The van der Waals surface area contributed by atoms with E-state index < -0.39 is 35.7 Å². The molecule has 3 aromatic rings. The second-order valence-electron chi connectivity index (χ2n) is 7.21. The van der Waals surface area contributed by atoms with Crippen LogP contribution in [0.4, 0.5) is 15.8 Å². The Bertz CT molecular complexity index is 1120. The maximum absolute atomic E-state index is 13.4. The van der Waals surface area contributed by atoms with Crippen LogP contribution in [0.1, 0.15) is 11.6 Å². The largest absolute Gasteiger partial charge is 0.508 e. The van der Waals surface area contributed by atoms with E-state index in [1.807, 2.05) is 18.2 Å². The summed E-state index contributed by atoms with van der Waals surface area (Å²) in [5.41, 5.74) is 1.43. The number of carbonyl (C=O) groups excluding carboxylic acids is 2. The number of rotatable bonds is 3. The monoisotopic (exact) mass is 404 g/mol. The Morgan fingerprint density at radius 3 is 2.17 bits per heavy atom. The average molecular weight is 404 g/mol. The molecule has 30 heavy (non-hydrogen) atoms. The van der Waals surface area contributed by atoms with Crippen molar-refractivity contribution >= 4 is 23.2 Å². The number of fused-ring (bicyclic) bond motifs is 1. The summed E-state index contributed by atoms with van der Waals surface area (Å²) in [6.07, 6.45) is -1.05. The summed E-state index contributed by atoms with van der Waals surface area (Å²) >= 11 is 0. The number of carbonyl (C=O) groups is 2. The van der Waals surface area contributed by atoms with Crippen LogP contribution in [0, 0.1) is 11.7 Å². The highest BCUT2D eigenvalue weighted by Crippen LogP contribution is 2.49. The van der Waals surface area contributed by atoms with Gasteiger partial charge in [-0.15, -0.1) is 0 Å². The highest BCUT2D eigenvalue weighted by molar-refractivity contribution is 6.23. The number of anilines is 2. The summed E-state index contributed by atoms with van der Waals surface area (Å²) in [5.74, 6) is -2.29. The Morgan fingerprint density at radius 2 is 1.47 bits per heavy atom. The first-order valence-corrected chi connectivity index (χ1v) is 9.48. The Morgan fingerprint density at radius 1 is 0.800 bits per heavy atom. The van der Waals surface area contributed by atoms with Gasteiger partial charge in [0.1, 0.15) is 17.5 Å². The normalized spacial score (nSPS) is 23.2. The summed E-state index contributed by atoms with van der Waals surface area (Å²) in [7, 11) is 0. The molecule has 3 aromatic carbocycles. The summed E-state index contributed by atoms with van der Waals surface area (Å²) in [6.45, 7) is 0. The Labute approximate surface area is 171 Å². The van der Waals surface area contributed by atoms with Crippen LogP contribution in [0.25, 0.3) is 0 Å². The van der Waals surface area contributed by atoms with E-state index in [-0.39, 0.29) is 11.4 Å². The molecule has 0 aromatic heterocycles. The molecule has 0 aliphatic carbocycles. The van der Waals surface area contributed by atoms with E-state index in [9.17, 15) is 19.1 Å². The molecule has 150 valence electrons. The van der Waals surface area contributed by atoms with Crippen LogP contribution in [0.2, 0.25) is 0 Å². The predicted molar refractivity (Wildman–Crippen MR) is 107 cm³/mol. The molecule has 3 atom stereocenters. The first kappa shape index (κ1) is 18.3. The molecule has 0 bridgehead atoms. The van der Waals surface area contributed by atoms with Crippen molar-refractivity contribution in [3.8, 4) is 5.75 Å². The third-order valence-corrected chi connectivity index (χ3v) is 5.47. The van der Waals surface area contributed by atoms with Crippen molar-refractivity contribution in [2.75, 3.05) is 9.96 Å². The highest BCUT2D eigenvalue weighted by Gasteiger charge is 2.60. The molecule has 7 heteroatoms. The van der Waals surface area contributed by atoms with Gasteiger partial charge in [-0.1, -0.05) is 36.4 Å². The minimum atomic E-state index is -1.05. The third-order valence-electron chi connectivity index (χ3n) is 5.47. The van der Waals surface area contributed by atoms with E-state index in [4.69, 9.17) is 4.84 Å². The number of benzene rings is 3. The Hall–Kier alpha value is -3.71. The van der Waals surface area contributed by atoms with Crippen LogP contribution in [-0.4, -0.2) is 23.0 Å². The topological polar surface area (TPSA) is 70.1 Å². The number of phenols is 1. The molecule has 6 nitrogen and oxygen atoms in total. The van der Waals surface area contributed by atoms with Crippen molar-refractivity contribution in [3.05, 3.63) is 90.2 Å². The van der Waals surface area contributed by atoms with E-state index in [0.717, 1.165) is 4.90 Å². The number of nitrogens with zero attached hydrogens (tertiary/aromatic N) is 2. The van der Waals surface area contributed by atoms with Crippen molar-refractivity contribution in [2.24, 2.45) is 5.92 Å². The number of amides is 2. The summed E-state index contributed by atoms with van der Waals surface area (Å²) in [6, 6.07) is 20.2. The molecule has 0 saturated carbocycles. The fourth-order valence-electron chi connectivity index (χ4n) is 4.11. The molecule has 2 heterocycles. The molecule has 2 aliphatic heterocycles. The SMILES string of the molecule is O=C1C2ON(c3ccccc3)C(c3ccccc3O)C2C(=O)N1c1ccc(F)cc1. The second kappa shape index (κ2) is 6.96. The molecule has 2 amide bonds. The molecule has 0 radical (unpaired) electrons. The van der Waals surface area contributed by atoms with E-state index in [1.165, 1.54) is 35.4 Å². The number of halogens is 1. The molecular formula is C23H17FN2O4. The van der Waals surface area contributed by atoms with Crippen LogP contribution >= 0.6 is 0 Å². The number of imide groups is 1. The summed E-state index contributed by atoms with van der Waals surface area (Å²) in [5, 5.41) is 12.0. The zero-order valence-corrected chi connectivity index (χ0v) is 15.7. The van der Waals surface area contributed by atoms with Gasteiger partial charge < -0.3 is 5.11 Å². The van der Waals surface area contributed by atoms with E-state index in [2.05, 4.69) is 0 Å². The van der Waals surface area contributed by atoms with Crippen LogP contribution in [0.3, 0.4) is 0 Å². The van der Waals surface area contributed by atoms with Crippen LogP contribution < -0.4 is 9.96 Å². The molecule has 5 rings (SSSR count). The molecule has 0 spiro atoms. The number of hydroxylamine groups is 1. The van der Waals surface area contributed by atoms with Gasteiger partial charge in [-0.25, -0.2) is 14.4 Å². The minimum absolute atomic E-state index is 0.00756. The molecule has 2 fully saturated rings. The number of aromatic hydroxyl groups is 1. The van der Waals surface area contributed by atoms with Gasteiger partial charge in [0.15, 0.2) is 6.10 Å². The highest BCUT2D eigenvalue weighted by atomic mass is 19.1. The molecule has 2 saturated heterocycles.